The Bertz CT molecular complexity index is 24.1. The van der Waals surface area contributed by atoms with Gasteiger partial charge in [-0.25, -0.2) is 0 Å². The van der Waals surface area contributed by atoms with Crippen LogP contribution in [0.2, 0.25) is 0 Å². The molecular weight excluding hydrogens is 499 g/mol. The standard InChI is InChI=1S/C3H9N.2HI.Pt/c1-4(2)3;;;/h1-3H3;2*1H;/q;;;+2/p-2. The molecule has 0 saturated heterocycles. The van der Waals surface area contributed by atoms with Gasteiger partial charge >= 0.3 is 49.9 Å². The summed E-state index contributed by atoms with van der Waals surface area (Å²) in [5, 5.41) is 0. The molecule has 0 radical (unpaired) electrons. The van der Waals surface area contributed by atoms with Gasteiger partial charge in [-0.1, -0.05) is 0 Å². The summed E-state index contributed by atoms with van der Waals surface area (Å²) in [6.07, 6.45) is 0. The third kappa shape index (κ3) is 68.1. The Morgan fingerprint density at radius 2 is 1.14 bits per heavy atom. The van der Waals surface area contributed by atoms with Crippen LogP contribution in [0.25, 0.3) is 0 Å². The number of halogens is 2. The number of hydrogen-bond donors (Lipinski definition) is 0. The molecule has 0 heterocycles. The monoisotopic (exact) mass is 508 g/mol. The molecule has 0 unspecified atom stereocenters. The Hall–Kier alpha value is 2.11. The zero-order chi connectivity index (χ0) is 6.28. The molecule has 0 aliphatic carbocycles. The van der Waals surface area contributed by atoms with Crippen LogP contribution in [-0.2, 0) is 11.2 Å². The van der Waals surface area contributed by atoms with Gasteiger partial charge in [0.1, 0.15) is 0 Å². The summed E-state index contributed by atoms with van der Waals surface area (Å²) in [5.41, 5.74) is 0. The third-order valence-electron chi connectivity index (χ3n) is 0. The molecule has 0 amide bonds. The second kappa shape index (κ2) is 11.0. The Labute approximate surface area is 74.8 Å². The first-order chi connectivity index (χ1) is 3.15. The minimum atomic E-state index is 0.523. The van der Waals surface area contributed by atoms with Crippen molar-refractivity contribution in [2.24, 2.45) is 0 Å². The molecule has 0 aromatic rings. The first kappa shape index (κ1) is 11.9. The van der Waals surface area contributed by atoms with E-state index in [1.807, 2.05) is 26.0 Å². The molecule has 0 saturated carbocycles. The molecule has 0 aromatic carbocycles. The van der Waals surface area contributed by atoms with E-state index in [1.54, 1.807) is 0 Å². The van der Waals surface area contributed by atoms with Crippen LogP contribution in [0.4, 0.5) is 0 Å². The molecule has 0 N–H and O–H groups in total. The molecule has 0 aliphatic heterocycles. The predicted molar refractivity (Wildman–Crippen MR) is 47.7 cm³/mol. The zero-order valence-electron chi connectivity index (χ0n) is 4.52. The Morgan fingerprint density at radius 1 is 1.14 bits per heavy atom. The number of nitrogens with zero attached hydrogens (tertiary/aromatic N) is 1. The zero-order valence-corrected chi connectivity index (χ0v) is 11.1. The summed E-state index contributed by atoms with van der Waals surface area (Å²) in [6.45, 7) is 0. The second-order valence-electron chi connectivity index (χ2n) is 1.39. The minimum absolute atomic E-state index is 0.523. The van der Waals surface area contributed by atoms with E-state index in [0.29, 0.717) is 11.2 Å². The van der Waals surface area contributed by atoms with Crippen LogP contribution in [0.3, 0.4) is 0 Å². The van der Waals surface area contributed by atoms with Crippen molar-refractivity contribution in [1.29, 1.82) is 0 Å². The van der Waals surface area contributed by atoms with Gasteiger partial charge in [0.15, 0.2) is 0 Å². The molecule has 0 fully saturated rings. The fourth-order valence-electron chi connectivity index (χ4n) is 0. The molecule has 1 nitrogen and oxygen atoms in total. The van der Waals surface area contributed by atoms with Crippen molar-refractivity contribution >= 4 is 38.7 Å². The van der Waals surface area contributed by atoms with Gasteiger partial charge in [0.25, 0.3) is 0 Å². The quantitative estimate of drug-likeness (QED) is 0.453. The van der Waals surface area contributed by atoms with Crippen molar-refractivity contribution in [3.63, 3.8) is 0 Å². The van der Waals surface area contributed by atoms with E-state index in [4.69, 9.17) is 0 Å². The van der Waals surface area contributed by atoms with E-state index in [-0.39, 0.29) is 0 Å². The number of rotatable bonds is 0. The van der Waals surface area contributed by atoms with Crippen molar-refractivity contribution in [3.8, 4) is 0 Å². The average Bonchev–Trinajstić information content (AvgIpc) is 1.33. The Morgan fingerprint density at radius 3 is 1.14 bits per heavy atom. The van der Waals surface area contributed by atoms with Gasteiger partial charge in [-0.2, -0.15) is 0 Å². The summed E-state index contributed by atoms with van der Waals surface area (Å²) in [6, 6.07) is 0. The molecule has 0 aliphatic rings. The molecule has 0 atom stereocenters. The van der Waals surface area contributed by atoms with Gasteiger partial charge in [-0.3, -0.25) is 0 Å². The van der Waals surface area contributed by atoms with Crippen LogP contribution in [0.1, 0.15) is 0 Å². The van der Waals surface area contributed by atoms with Crippen molar-refractivity contribution < 1.29 is 11.2 Å². The first-order valence-electron chi connectivity index (χ1n) is 1.58. The molecule has 50 valence electrons. The van der Waals surface area contributed by atoms with E-state index in [0.717, 1.165) is 0 Å². The van der Waals surface area contributed by atoms with Crippen LogP contribution < -0.4 is 0 Å². The van der Waals surface area contributed by atoms with Crippen LogP contribution in [0.15, 0.2) is 0 Å². The molecule has 0 rings (SSSR count). The van der Waals surface area contributed by atoms with Crippen LogP contribution in [-0.4, -0.2) is 26.0 Å². The van der Waals surface area contributed by atoms with Gasteiger partial charge in [0.05, 0.1) is 0 Å². The van der Waals surface area contributed by atoms with Crippen molar-refractivity contribution in [1.82, 2.24) is 4.90 Å². The van der Waals surface area contributed by atoms with E-state index < -0.39 is 0 Å². The van der Waals surface area contributed by atoms with Gasteiger partial charge < -0.3 is 4.90 Å². The third-order valence-corrected chi connectivity index (χ3v) is 0. The van der Waals surface area contributed by atoms with E-state index in [9.17, 15) is 0 Å². The predicted octanol–water partition coefficient (Wildman–Crippen LogP) is 1.95. The first-order valence-corrected chi connectivity index (χ1v) is 14.5. The average molecular weight is 508 g/mol. The van der Waals surface area contributed by atoms with Gasteiger partial charge in [0.2, 0.25) is 0 Å². The normalized spacial score (nSPS) is 8.29. The fourth-order valence-corrected chi connectivity index (χ4v) is 0. The van der Waals surface area contributed by atoms with Crippen LogP contribution in [0.5, 0.6) is 0 Å². The van der Waals surface area contributed by atoms with Crippen molar-refractivity contribution in [3.05, 3.63) is 0 Å². The molecule has 7 heavy (non-hydrogen) atoms. The Balaban J connectivity index is 0. The summed E-state index contributed by atoms with van der Waals surface area (Å²) < 4.78 is 0. The molecule has 4 heteroatoms. The van der Waals surface area contributed by atoms with Gasteiger partial charge in [-0.05, 0) is 21.1 Å². The summed E-state index contributed by atoms with van der Waals surface area (Å²) in [7, 11) is 6.00. The van der Waals surface area contributed by atoms with E-state index in [1.165, 1.54) is 0 Å². The Kier molecular flexibility index (Phi) is 18.6. The van der Waals surface area contributed by atoms with Gasteiger partial charge in [0, 0.05) is 0 Å². The summed E-state index contributed by atoms with van der Waals surface area (Å²) in [4.78, 5) is 2.00. The maximum absolute atomic E-state index is 2.39. The topological polar surface area (TPSA) is 3.24 Å². The second-order valence-corrected chi connectivity index (χ2v) is 18.0. The van der Waals surface area contributed by atoms with Crippen LogP contribution in [0, 0.1) is 0 Å². The summed E-state index contributed by atoms with van der Waals surface area (Å²) >= 11 is 5.30. The van der Waals surface area contributed by atoms with Crippen molar-refractivity contribution in [2.45, 2.75) is 0 Å². The van der Waals surface area contributed by atoms with Crippen LogP contribution >= 0.6 is 38.7 Å². The molecule has 0 spiro atoms. The summed E-state index contributed by atoms with van der Waals surface area (Å²) in [5.74, 6) is 0. The molecule has 0 bridgehead atoms. The van der Waals surface area contributed by atoms with Gasteiger partial charge in [-0.15, -0.1) is 0 Å². The fraction of sp³-hybridized carbons (Fsp3) is 1.00. The SMILES string of the molecule is CN(C)C.[I][Pt][I]. The van der Waals surface area contributed by atoms with Crippen molar-refractivity contribution in [2.75, 3.05) is 21.1 Å². The van der Waals surface area contributed by atoms with E-state index >= 15 is 0 Å². The molecule has 0 aromatic heterocycles. The molecular formula is C3H9I2NPt. The van der Waals surface area contributed by atoms with E-state index in [2.05, 4.69) is 38.7 Å². The maximum atomic E-state index is 2.39. The number of hydrogen-bond acceptors (Lipinski definition) is 1.